The van der Waals surface area contributed by atoms with Gasteiger partial charge in [-0.05, 0) is 98.9 Å². The summed E-state index contributed by atoms with van der Waals surface area (Å²) in [6.07, 6.45) is 9.52. The molecule has 6 atom stereocenters. The Kier molecular flexibility index (Phi) is 7.11. The largest absolute Gasteiger partial charge is 0.494 e. The second kappa shape index (κ2) is 10.5. The van der Waals surface area contributed by atoms with E-state index in [0.29, 0.717) is 42.3 Å². The van der Waals surface area contributed by atoms with Crippen LogP contribution in [0.4, 0.5) is 0 Å². The number of ketones is 1. The summed E-state index contributed by atoms with van der Waals surface area (Å²) in [5.74, 6) is 3.54. The Hall–Kier alpha value is -2.24. The average molecular weight is 519 g/mol. The van der Waals surface area contributed by atoms with Crippen molar-refractivity contribution in [2.24, 2.45) is 23.2 Å². The molecule has 0 radical (unpaired) electrons. The summed E-state index contributed by atoms with van der Waals surface area (Å²) >= 11 is 0. The number of hydrogen-bond donors (Lipinski definition) is 1. The molecule has 0 spiro atoms. The summed E-state index contributed by atoms with van der Waals surface area (Å²) in [5.41, 5.74) is 4.04. The highest BCUT2D eigenvalue weighted by Gasteiger charge is 2.57. The van der Waals surface area contributed by atoms with Gasteiger partial charge in [0.2, 0.25) is 0 Å². The zero-order chi connectivity index (χ0) is 25.4. The number of rotatable bonds is 7. The van der Waals surface area contributed by atoms with Crippen LogP contribution in [0.1, 0.15) is 69.8 Å². The second-order valence-corrected chi connectivity index (χ2v) is 13.1. The molecule has 5 heteroatoms. The third-order valence-corrected chi connectivity index (χ3v) is 11.3. The Labute approximate surface area is 223 Å². The van der Waals surface area contributed by atoms with Crippen LogP contribution in [0.2, 0.25) is 0 Å². The van der Waals surface area contributed by atoms with E-state index in [-0.39, 0.29) is 11.5 Å². The standard InChI is InChI=1S/C32H38O4S/c33-24-10-12-27-23(20-24)9-11-29-28(27)15-16-32(30(29)13-14-31(32)34)17-18-36-25-6-4-5-22(19-25)21-37(35)26-7-2-1-3-8-26/h1-8,19,28-31,34H,9-18,20-21H2/t28?,29?,30?,31-,32+,37?/m0/s1. The van der Waals surface area contributed by atoms with Crippen LogP contribution >= 0.6 is 0 Å². The van der Waals surface area contributed by atoms with Gasteiger partial charge in [-0.2, -0.15) is 0 Å². The van der Waals surface area contributed by atoms with Gasteiger partial charge in [0.15, 0.2) is 0 Å². The van der Waals surface area contributed by atoms with E-state index in [2.05, 4.69) is 0 Å². The highest BCUT2D eigenvalue weighted by molar-refractivity contribution is 7.84. The fourth-order valence-corrected chi connectivity index (χ4v) is 9.31. The number of aliphatic hydroxyl groups excluding tert-OH is 1. The highest BCUT2D eigenvalue weighted by atomic mass is 32.2. The maximum Gasteiger partial charge on any atom is 0.137 e. The highest BCUT2D eigenvalue weighted by Crippen LogP contribution is 2.62. The molecular formula is C32H38O4S. The van der Waals surface area contributed by atoms with Crippen LogP contribution in [0, 0.1) is 23.2 Å². The van der Waals surface area contributed by atoms with Gasteiger partial charge in [0.1, 0.15) is 11.5 Å². The van der Waals surface area contributed by atoms with Crippen LogP contribution < -0.4 is 4.74 Å². The molecule has 2 aromatic carbocycles. The second-order valence-electron chi connectivity index (χ2n) is 11.7. The van der Waals surface area contributed by atoms with Crippen LogP contribution in [-0.4, -0.2) is 27.8 Å². The first-order valence-electron chi connectivity index (χ1n) is 14.1. The molecule has 4 nitrogen and oxygen atoms in total. The summed E-state index contributed by atoms with van der Waals surface area (Å²) in [5, 5.41) is 11.2. The minimum Gasteiger partial charge on any atom is -0.494 e. The van der Waals surface area contributed by atoms with E-state index in [1.807, 2.05) is 54.6 Å². The molecule has 37 heavy (non-hydrogen) atoms. The van der Waals surface area contributed by atoms with E-state index in [0.717, 1.165) is 67.6 Å². The predicted octanol–water partition coefficient (Wildman–Crippen LogP) is 6.39. The lowest BCUT2D eigenvalue weighted by molar-refractivity contribution is -0.119. The maximum absolute atomic E-state index is 12.7. The SMILES string of the molecule is O=C1CCC2=C(CCC3C2CC[C@@]2(CCOc4cccc(CS(=O)c5ccccc5)c4)C3CC[C@@H]2O)C1. The van der Waals surface area contributed by atoms with Crippen molar-refractivity contribution in [2.45, 2.75) is 81.0 Å². The lowest BCUT2D eigenvalue weighted by Gasteiger charge is -2.52. The first kappa shape index (κ1) is 25.1. The monoisotopic (exact) mass is 518 g/mol. The topological polar surface area (TPSA) is 63.6 Å². The van der Waals surface area contributed by atoms with Crippen molar-refractivity contribution in [3.05, 3.63) is 71.3 Å². The van der Waals surface area contributed by atoms with Gasteiger partial charge in [-0.25, -0.2) is 0 Å². The molecular weight excluding hydrogens is 480 g/mol. The Morgan fingerprint density at radius 3 is 2.70 bits per heavy atom. The van der Waals surface area contributed by atoms with Crippen LogP contribution in [-0.2, 0) is 21.3 Å². The minimum atomic E-state index is -1.08. The van der Waals surface area contributed by atoms with Gasteiger partial charge < -0.3 is 9.84 Å². The molecule has 2 fully saturated rings. The lowest BCUT2D eigenvalue weighted by Crippen LogP contribution is -2.47. The van der Waals surface area contributed by atoms with E-state index in [1.54, 1.807) is 5.57 Å². The van der Waals surface area contributed by atoms with Crippen molar-refractivity contribution in [3.8, 4) is 5.75 Å². The number of carbonyl (C=O) groups is 1. The van der Waals surface area contributed by atoms with Crippen LogP contribution in [0.15, 0.2) is 70.6 Å². The Balaban J connectivity index is 1.11. The molecule has 0 aliphatic heterocycles. The van der Waals surface area contributed by atoms with E-state index in [4.69, 9.17) is 4.74 Å². The molecule has 6 rings (SSSR count). The molecule has 0 bridgehead atoms. The van der Waals surface area contributed by atoms with Crippen molar-refractivity contribution >= 4 is 16.6 Å². The number of ether oxygens (including phenoxy) is 1. The Morgan fingerprint density at radius 2 is 1.84 bits per heavy atom. The normalized spacial score (nSPS) is 31.9. The van der Waals surface area contributed by atoms with Gasteiger partial charge in [0.05, 0.1) is 29.3 Å². The number of fused-ring (bicyclic) bond motifs is 4. The Bertz CT molecular complexity index is 1200. The minimum absolute atomic E-state index is 0.0455. The molecule has 2 aromatic rings. The van der Waals surface area contributed by atoms with Gasteiger partial charge in [0.25, 0.3) is 0 Å². The van der Waals surface area contributed by atoms with Gasteiger partial charge in [-0.3, -0.25) is 9.00 Å². The average Bonchev–Trinajstić information content (AvgIpc) is 3.25. The van der Waals surface area contributed by atoms with Crippen molar-refractivity contribution in [1.82, 2.24) is 0 Å². The van der Waals surface area contributed by atoms with Gasteiger partial charge >= 0.3 is 0 Å². The molecule has 4 unspecified atom stereocenters. The number of hydrogen-bond acceptors (Lipinski definition) is 4. The number of benzene rings is 2. The van der Waals surface area contributed by atoms with E-state index >= 15 is 0 Å². The number of carbonyl (C=O) groups excluding carboxylic acids is 1. The van der Waals surface area contributed by atoms with Crippen molar-refractivity contribution in [3.63, 3.8) is 0 Å². The van der Waals surface area contributed by atoms with Gasteiger partial charge in [-0.1, -0.05) is 41.5 Å². The maximum atomic E-state index is 12.7. The molecule has 196 valence electrons. The number of aliphatic hydroxyl groups is 1. The number of Topliss-reactive ketones (excluding diaryl/α,β-unsaturated/α-hetero) is 1. The third kappa shape index (κ3) is 4.85. The van der Waals surface area contributed by atoms with Gasteiger partial charge in [-0.15, -0.1) is 0 Å². The van der Waals surface area contributed by atoms with Crippen LogP contribution in [0.3, 0.4) is 0 Å². The van der Waals surface area contributed by atoms with Crippen molar-refractivity contribution < 1.29 is 18.8 Å². The van der Waals surface area contributed by atoms with E-state index in [9.17, 15) is 14.1 Å². The summed E-state index contributed by atoms with van der Waals surface area (Å²) in [6, 6.07) is 17.6. The summed E-state index contributed by atoms with van der Waals surface area (Å²) < 4.78 is 19.0. The molecule has 2 saturated carbocycles. The van der Waals surface area contributed by atoms with Crippen LogP contribution in [0.25, 0.3) is 0 Å². The molecule has 4 aliphatic carbocycles. The smallest absolute Gasteiger partial charge is 0.137 e. The first-order chi connectivity index (χ1) is 18.0. The fourth-order valence-electron chi connectivity index (χ4n) is 8.20. The van der Waals surface area contributed by atoms with Crippen LogP contribution in [0.5, 0.6) is 5.75 Å². The molecule has 0 saturated heterocycles. The fraction of sp³-hybridized carbons (Fsp3) is 0.531. The summed E-state index contributed by atoms with van der Waals surface area (Å²) in [7, 11) is -1.08. The van der Waals surface area contributed by atoms with Crippen molar-refractivity contribution in [2.75, 3.05) is 6.61 Å². The van der Waals surface area contributed by atoms with E-state index < -0.39 is 10.8 Å². The number of allylic oxidation sites excluding steroid dienone is 2. The molecule has 0 heterocycles. The molecule has 0 aromatic heterocycles. The van der Waals surface area contributed by atoms with E-state index in [1.165, 1.54) is 12.0 Å². The summed E-state index contributed by atoms with van der Waals surface area (Å²) in [6.45, 7) is 0.596. The lowest BCUT2D eigenvalue weighted by atomic mass is 9.53. The zero-order valence-corrected chi connectivity index (χ0v) is 22.4. The first-order valence-corrected chi connectivity index (χ1v) is 15.4. The molecule has 0 amide bonds. The summed E-state index contributed by atoms with van der Waals surface area (Å²) in [4.78, 5) is 12.9. The molecule has 4 aliphatic rings. The quantitative estimate of drug-likeness (QED) is 0.432. The van der Waals surface area contributed by atoms with Gasteiger partial charge in [0, 0.05) is 23.2 Å². The van der Waals surface area contributed by atoms with Crippen molar-refractivity contribution in [1.29, 1.82) is 0 Å². The zero-order valence-electron chi connectivity index (χ0n) is 21.6. The Morgan fingerprint density at radius 1 is 0.973 bits per heavy atom. The predicted molar refractivity (Wildman–Crippen MR) is 146 cm³/mol. The molecule has 1 N–H and O–H groups in total. The third-order valence-electron chi connectivity index (χ3n) is 9.91.